The molecule has 0 unspecified atom stereocenters. The third kappa shape index (κ3) is 4.69. The van der Waals surface area contributed by atoms with E-state index in [1.54, 1.807) is 30.2 Å². The molecule has 0 saturated carbocycles. The third-order valence-corrected chi connectivity index (χ3v) is 2.84. The smallest absolute Gasteiger partial charge is 0.254 e. The van der Waals surface area contributed by atoms with E-state index < -0.39 is 0 Å². The molecule has 0 spiro atoms. The Bertz CT molecular complexity index is 500. The van der Waals surface area contributed by atoms with Crippen LogP contribution in [0.2, 0.25) is 0 Å². The van der Waals surface area contributed by atoms with Crippen LogP contribution in [0, 0.1) is 11.8 Å². The SMILES string of the molecule is COCCN(C(=O)c1cccc(C#CCO)c1)C(C)C. The van der Waals surface area contributed by atoms with Crippen molar-refractivity contribution < 1.29 is 14.6 Å². The zero-order valence-electron chi connectivity index (χ0n) is 12.2. The maximum Gasteiger partial charge on any atom is 0.254 e. The van der Waals surface area contributed by atoms with Gasteiger partial charge in [-0.05, 0) is 32.0 Å². The molecular weight excluding hydrogens is 254 g/mol. The van der Waals surface area contributed by atoms with Gasteiger partial charge in [-0.3, -0.25) is 4.79 Å². The van der Waals surface area contributed by atoms with E-state index >= 15 is 0 Å². The summed E-state index contributed by atoms with van der Waals surface area (Å²) in [6.45, 7) is 4.82. The average molecular weight is 275 g/mol. The Balaban J connectivity index is 2.93. The number of hydrogen-bond donors (Lipinski definition) is 1. The Hall–Kier alpha value is -1.83. The highest BCUT2D eigenvalue weighted by Gasteiger charge is 2.18. The Morgan fingerprint density at radius 1 is 1.45 bits per heavy atom. The zero-order chi connectivity index (χ0) is 15.0. The highest BCUT2D eigenvalue weighted by atomic mass is 16.5. The van der Waals surface area contributed by atoms with Gasteiger partial charge in [-0.1, -0.05) is 17.9 Å². The molecule has 0 aliphatic rings. The first-order valence-electron chi connectivity index (χ1n) is 6.59. The van der Waals surface area contributed by atoms with Crippen LogP contribution in [0.5, 0.6) is 0 Å². The maximum atomic E-state index is 12.5. The second-order valence-corrected chi connectivity index (χ2v) is 4.63. The molecular formula is C16H21NO3. The molecule has 108 valence electrons. The standard InChI is InChI=1S/C16H21NO3/c1-13(2)17(9-11-20-3)16(19)15-8-4-6-14(12-15)7-5-10-18/h4,6,8,12-13,18H,9-11H2,1-3H3. The van der Waals surface area contributed by atoms with Gasteiger partial charge in [0.25, 0.3) is 5.91 Å². The topological polar surface area (TPSA) is 49.8 Å². The summed E-state index contributed by atoms with van der Waals surface area (Å²) in [6, 6.07) is 7.23. The van der Waals surface area contributed by atoms with E-state index in [1.165, 1.54) is 0 Å². The molecule has 1 rings (SSSR count). The number of aliphatic hydroxyl groups excluding tert-OH is 1. The lowest BCUT2D eigenvalue weighted by Gasteiger charge is -2.26. The van der Waals surface area contributed by atoms with Gasteiger partial charge in [0.1, 0.15) is 6.61 Å². The molecule has 0 radical (unpaired) electrons. The number of aliphatic hydroxyl groups is 1. The number of carbonyl (C=O) groups excluding carboxylic acids is 1. The van der Waals surface area contributed by atoms with Crippen LogP contribution in [0.25, 0.3) is 0 Å². The molecule has 0 saturated heterocycles. The molecule has 0 atom stereocenters. The fourth-order valence-electron chi connectivity index (χ4n) is 1.82. The van der Waals surface area contributed by atoms with E-state index in [9.17, 15) is 4.79 Å². The summed E-state index contributed by atoms with van der Waals surface area (Å²) in [5.41, 5.74) is 1.32. The molecule has 0 fully saturated rings. The monoisotopic (exact) mass is 275 g/mol. The molecule has 0 aromatic heterocycles. The summed E-state index contributed by atoms with van der Waals surface area (Å²) in [5, 5.41) is 8.70. The molecule has 1 N–H and O–H groups in total. The number of rotatable bonds is 5. The molecule has 0 heterocycles. The fraction of sp³-hybridized carbons (Fsp3) is 0.438. The number of nitrogens with zero attached hydrogens (tertiary/aromatic N) is 1. The van der Waals surface area contributed by atoms with E-state index in [0.717, 1.165) is 5.56 Å². The number of hydrogen-bond acceptors (Lipinski definition) is 3. The second-order valence-electron chi connectivity index (χ2n) is 4.63. The molecule has 4 nitrogen and oxygen atoms in total. The van der Waals surface area contributed by atoms with Crippen molar-refractivity contribution in [2.75, 3.05) is 26.9 Å². The Morgan fingerprint density at radius 2 is 2.20 bits per heavy atom. The van der Waals surface area contributed by atoms with Crippen molar-refractivity contribution in [2.24, 2.45) is 0 Å². The van der Waals surface area contributed by atoms with Gasteiger partial charge in [0.05, 0.1) is 6.61 Å². The van der Waals surface area contributed by atoms with Gasteiger partial charge in [-0.2, -0.15) is 0 Å². The number of amides is 1. The number of benzene rings is 1. The molecule has 20 heavy (non-hydrogen) atoms. The van der Waals surface area contributed by atoms with Gasteiger partial charge in [0.15, 0.2) is 0 Å². The quantitative estimate of drug-likeness (QED) is 0.829. The van der Waals surface area contributed by atoms with Gasteiger partial charge in [-0.15, -0.1) is 0 Å². The first kappa shape index (κ1) is 16.2. The van der Waals surface area contributed by atoms with Crippen molar-refractivity contribution in [1.29, 1.82) is 0 Å². The maximum absolute atomic E-state index is 12.5. The molecule has 1 amide bonds. The first-order chi connectivity index (χ1) is 9.60. The lowest BCUT2D eigenvalue weighted by molar-refractivity contribution is 0.0635. The van der Waals surface area contributed by atoms with Crippen molar-refractivity contribution in [3.8, 4) is 11.8 Å². The van der Waals surface area contributed by atoms with Crippen LogP contribution in [0.15, 0.2) is 24.3 Å². The molecule has 1 aromatic carbocycles. The number of carbonyl (C=O) groups is 1. The van der Waals surface area contributed by atoms with E-state index in [1.807, 2.05) is 19.9 Å². The van der Waals surface area contributed by atoms with Crippen LogP contribution in [0.1, 0.15) is 29.8 Å². The summed E-state index contributed by atoms with van der Waals surface area (Å²) in [7, 11) is 1.62. The van der Waals surface area contributed by atoms with Gasteiger partial charge in [-0.25, -0.2) is 0 Å². The van der Waals surface area contributed by atoms with E-state index in [2.05, 4.69) is 11.8 Å². The van der Waals surface area contributed by atoms with Crippen molar-refractivity contribution >= 4 is 5.91 Å². The lowest BCUT2D eigenvalue weighted by Crippen LogP contribution is -2.39. The minimum Gasteiger partial charge on any atom is -0.384 e. The van der Waals surface area contributed by atoms with Crippen molar-refractivity contribution in [1.82, 2.24) is 4.90 Å². The molecule has 1 aromatic rings. The van der Waals surface area contributed by atoms with E-state index in [4.69, 9.17) is 9.84 Å². The first-order valence-corrected chi connectivity index (χ1v) is 6.59. The lowest BCUT2D eigenvalue weighted by atomic mass is 10.1. The van der Waals surface area contributed by atoms with Crippen LogP contribution < -0.4 is 0 Å². The zero-order valence-corrected chi connectivity index (χ0v) is 12.2. The normalized spacial score (nSPS) is 10.1. The molecule has 4 heteroatoms. The number of ether oxygens (including phenoxy) is 1. The summed E-state index contributed by atoms with van der Waals surface area (Å²) in [5.74, 6) is 5.35. The Kier molecular flexibility index (Phi) is 6.78. The van der Waals surface area contributed by atoms with Crippen molar-refractivity contribution in [3.05, 3.63) is 35.4 Å². The Labute approximate surface area is 120 Å². The predicted octanol–water partition coefficient (Wildman–Crippen LogP) is 1.53. The molecule has 0 bridgehead atoms. The van der Waals surface area contributed by atoms with Crippen LogP contribution in [0.4, 0.5) is 0 Å². The van der Waals surface area contributed by atoms with Gasteiger partial charge in [0, 0.05) is 30.8 Å². The van der Waals surface area contributed by atoms with Crippen molar-refractivity contribution in [2.45, 2.75) is 19.9 Å². The Morgan fingerprint density at radius 3 is 2.80 bits per heavy atom. The van der Waals surface area contributed by atoms with Gasteiger partial charge in [0.2, 0.25) is 0 Å². The van der Waals surface area contributed by atoms with Crippen LogP contribution >= 0.6 is 0 Å². The largest absolute Gasteiger partial charge is 0.384 e. The summed E-state index contributed by atoms with van der Waals surface area (Å²) >= 11 is 0. The van der Waals surface area contributed by atoms with Crippen LogP contribution in [-0.2, 0) is 4.74 Å². The second kappa shape index (κ2) is 8.36. The summed E-state index contributed by atoms with van der Waals surface area (Å²) in [6.07, 6.45) is 0. The average Bonchev–Trinajstić information content (AvgIpc) is 2.45. The van der Waals surface area contributed by atoms with Crippen LogP contribution in [0.3, 0.4) is 0 Å². The minimum atomic E-state index is -0.190. The van der Waals surface area contributed by atoms with E-state index in [-0.39, 0.29) is 18.6 Å². The molecule has 0 aliphatic carbocycles. The van der Waals surface area contributed by atoms with Gasteiger partial charge >= 0.3 is 0 Å². The number of methoxy groups -OCH3 is 1. The summed E-state index contributed by atoms with van der Waals surface area (Å²) < 4.78 is 5.04. The highest BCUT2D eigenvalue weighted by molar-refractivity contribution is 5.94. The van der Waals surface area contributed by atoms with Crippen LogP contribution in [-0.4, -0.2) is 48.8 Å². The summed E-state index contributed by atoms with van der Waals surface area (Å²) in [4.78, 5) is 14.3. The predicted molar refractivity (Wildman–Crippen MR) is 78.5 cm³/mol. The van der Waals surface area contributed by atoms with E-state index in [0.29, 0.717) is 18.7 Å². The van der Waals surface area contributed by atoms with Gasteiger partial charge < -0.3 is 14.7 Å². The fourth-order valence-corrected chi connectivity index (χ4v) is 1.82. The highest BCUT2D eigenvalue weighted by Crippen LogP contribution is 2.10. The minimum absolute atomic E-state index is 0.0373. The van der Waals surface area contributed by atoms with Crippen molar-refractivity contribution in [3.63, 3.8) is 0 Å². The third-order valence-electron chi connectivity index (χ3n) is 2.84. The molecule has 0 aliphatic heterocycles.